The van der Waals surface area contributed by atoms with E-state index in [2.05, 4.69) is 5.32 Å². The van der Waals surface area contributed by atoms with Crippen molar-refractivity contribution in [1.29, 1.82) is 0 Å². The molecule has 29 heavy (non-hydrogen) atoms. The Hall–Kier alpha value is -3.92. The molecule has 1 N–H and O–H groups in total. The van der Waals surface area contributed by atoms with Crippen LogP contribution >= 0.6 is 11.6 Å². The van der Waals surface area contributed by atoms with Gasteiger partial charge in [0.25, 0.3) is 17.5 Å². The molecule has 0 aliphatic carbocycles. The first-order valence-corrected chi connectivity index (χ1v) is 8.48. The third kappa shape index (κ3) is 3.25. The molecule has 0 atom stereocenters. The number of imide groups is 2. The summed E-state index contributed by atoms with van der Waals surface area (Å²) in [7, 11) is 0. The normalized spacial score (nSPS) is 16.9. The number of benzene rings is 2. The molecule has 0 spiro atoms. The second kappa shape index (κ2) is 6.91. The summed E-state index contributed by atoms with van der Waals surface area (Å²) >= 11 is 5.78. The van der Waals surface area contributed by atoms with Gasteiger partial charge in [-0.2, -0.15) is 0 Å². The highest BCUT2D eigenvalue weighted by atomic mass is 35.5. The zero-order valence-electron chi connectivity index (χ0n) is 14.4. The molecule has 10 nitrogen and oxygen atoms in total. The lowest BCUT2D eigenvalue weighted by Gasteiger charge is -2.26. The lowest BCUT2D eigenvalue weighted by atomic mass is 10.1. The monoisotopic (exact) mass is 415 g/mol. The summed E-state index contributed by atoms with van der Waals surface area (Å²) in [5, 5.41) is 13.0. The molecule has 0 radical (unpaired) electrons. The van der Waals surface area contributed by atoms with E-state index < -0.39 is 22.8 Å². The Morgan fingerprint density at radius 3 is 2.62 bits per heavy atom. The first-order chi connectivity index (χ1) is 13.8. The van der Waals surface area contributed by atoms with Gasteiger partial charge < -0.3 is 9.47 Å². The number of anilines is 1. The number of fused-ring (bicyclic) bond motifs is 1. The number of carbonyl (C=O) groups is 3. The number of nitrogens with one attached hydrogen (secondary N) is 1. The van der Waals surface area contributed by atoms with Crippen molar-refractivity contribution in [2.45, 2.75) is 0 Å². The minimum Gasteiger partial charge on any atom is -0.454 e. The number of ether oxygens (including phenoxy) is 2. The maximum Gasteiger partial charge on any atom is 0.335 e. The number of nitrogens with zero attached hydrogens (tertiary/aromatic N) is 2. The molecule has 0 unspecified atom stereocenters. The summed E-state index contributed by atoms with van der Waals surface area (Å²) < 4.78 is 10.4. The second-order valence-corrected chi connectivity index (χ2v) is 6.37. The van der Waals surface area contributed by atoms with Gasteiger partial charge in [0.2, 0.25) is 6.79 Å². The van der Waals surface area contributed by atoms with E-state index in [0.29, 0.717) is 11.5 Å². The summed E-state index contributed by atoms with van der Waals surface area (Å²) in [4.78, 5) is 48.5. The van der Waals surface area contributed by atoms with Crippen molar-refractivity contribution in [1.82, 2.24) is 5.32 Å². The summed E-state index contributed by atoms with van der Waals surface area (Å²) in [5.74, 6) is -1.01. The molecule has 2 aliphatic rings. The van der Waals surface area contributed by atoms with E-state index in [-0.39, 0.29) is 34.3 Å². The van der Waals surface area contributed by atoms with Crippen molar-refractivity contribution in [2.75, 3.05) is 11.7 Å². The van der Waals surface area contributed by atoms with Gasteiger partial charge in [-0.15, -0.1) is 0 Å². The third-order valence-corrected chi connectivity index (χ3v) is 4.51. The molecule has 1 saturated heterocycles. The van der Waals surface area contributed by atoms with Crippen LogP contribution in [0, 0.1) is 10.1 Å². The van der Waals surface area contributed by atoms with Gasteiger partial charge in [0.15, 0.2) is 11.5 Å². The van der Waals surface area contributed by atoms with Crippen LogP contribution in [0.15, 0.2) is 42.0 Å². The van der Waals surface area contributed by atoms with Gasteiger partial charge >= 0.3 is 6.03 Å². The third-order valence-electron chi connectivity index (χ3n) is 4.19. The predicted octanol–water partition coefficient (Wildman–Crippen LogP) is 2.64. The van der Waals surface area contributed by atoms with Crippen molar-refractivity contribution in [3.8, 4) is 11.5 Å². The molecule has 0 bridgehead atoms. The molecule has 0 saturated carbocycles. The fourth-order valence-electron chi connectivity index (χ4n) is 2.84. The van der Waals surface area contributed by atoms with Crippen molar-refractivity contribution in [3.63, 3.8) is 0 Å². The Kier molecular flexibility index (Phi) is 4.40. The molecule has 4 rings (SSSR count). The minimum atomic E-state index is -0.932. The largest absolute Gasteiger partial charge is 0.454 e. The fraction of sp³-hybridized carbons (Fsp3) is 0.0556. The molecule has 2 aromatic rings. The number of nitro groups is 1. The maximum absolute atomic E-state index is 12.9. The number of urea groups is 1. The highest BCUT2D eigenvalue weighted by molar-refractivity contribution is 6.39. The topological polar surface area (TPSA) is 128 Å². The van der Waals surface area contributed by atoms with E-state index in [9.17, 15) is 24.5 Å². The summed E-state index contributed by atoms with van der Waals surface area (Å²) in [5.41, 5.74) is -0.399. The van der Waals surface area contributed by atoms with Gasteiger partial charge in [-0.3, -0.25) is 25.0 Å². The van der Waals surface area contributed by atoms with Crippen molar-refractivity contribution in [2.24, 2.45) is 0 Å². The van der Waals surface area contributed by atoms with E-state index >= 15 is 0 Å². The second-order valence-electron chi connectivity index (χ2n) is 5.96. The van der Waals surface area contributed by atoms with Crippen LogP contribution in [-0.4, -0.2) is 29.6 Å². The Morgan fingerprint density at radius 2 is 1.86 bits per heavy atom. The van der Waals surface area contributed by atoms with Crippen LogP contribution < -0.4 is 19.7 Å². The van der Waals surface area contributed by atoms with E-state index in [1.165, 1.54) is 30.3 Å². The smallest absolute Gasteiger partial charge is 0.335 e. The predicted molar refractivity (Wildman–Crippen MR) is 99.7 cm³/mol. The van der Waals surface area contributed by atoms with Crippen LogP contribution in [0.3, 0.4) is 0 Å². The number of amides is 4. The van der Waals surface area contributed by atoms with Gasteiger partial charge in [0.05, 0.1) is 10.6 Å². The number of nitro benzene ring substituents is 1. The molecular formula is C18H10ClN3O7. The first kappa shape index (κ1) is 18.4. The summed E-state index contributed by atoms with van der Waals surface area (Å²) in [6.07, 6.45) is 1.15. The van der Waals surface area contributed by atoms with Gasteiger partial charge in [0, 0.05) is 12.1 Å². The molecule has 146 valence electrons. The fourth-order valence-corrected chi connectivity index (χ4v) is 3.03. The Morgan fingerprint density at radius 1 is 1.10 bits per heavy atom. The number of halogens is 1. The minimum absolute atomic E-state index is 0.0118. The molecular weight excluding hydrogens is 406 g/mol. The van der Waals surface area contributed by atoms with E-state index in [1.54, 1.807) is 0 Å². The van der Waals surface area contributed by atoms with E-state index in [4.69, 9.17) is 21.1 Å². The van der Waals surface area contributed by atoms with Gasteiger partial charge in [-0.25, -0.2) is 9.69 Å². The zero-order valence-corrected chi connectivity index (χ0v) is 15.1. The quantitative estimate of drug-likeness (QED) is 0.353. The highest BCUT2D eigenvalue weighted by Crippen LogP contribution is 2.36. The zero-order chi connectivity index (χ0) is 20.7. The maximum atomic E-state index is 12.9. The average Bonchev–Trinajstić information content (AvgIpc) is 3.14. The lowest BCUT2D eigenvalue weighted by molar-refractivity contribution is -0.384. The summed E-state index contributed by atoms with van der Waals surface area (Å²) in [6.45, 7) is 0.0118. The van der Waals surface area contributed by atoms with Crippen molar-refractivity contribution < 1.29 is 28.8 Å². The Labute approximate surface area is 167 Å². The van der Waals surface area contributed by atoms with Crippen molar-refractivity contribution in [3.05, 3.63) is 62.7 Å². The van der Waals surface area contributed by atoms with Crippen molar-refractivity contribution >= 4 is 46.9 Å². The van der Waals surface area contributed by atoms with Gasteiger partial charge in [-0.1, -0.05) is 17.7 Å². The SMILES string of the molecule is O=C1NC(=O)N(c2ccc3c(c2)OCO3)C(=O)C1=Cc1ccc(Cl)c([N+](=O)[O-])c1. The Bertz CT molecular complexity index is 1130. The average molecular weight is 416 g/mol. The number of barbiturate groups is 1. The number of carbonyl (C=O) groups excluding carboxylic acids is 3. The lowest BCUT2D eigenvalue weighted by Crippen LogP contribution is -2.54. The van der Waals surface area contributed by atoms with Crippen LogP contribution in [-0.2, 0) is 9.59 Å². The van der Waals surface area contributed by atoms with Gasteiger partial charge in [0.1, 0.15) is 10.6 Å². The molecule has 2 aliphatic heterocycles. The molecule has 0 aromatic heterocycles. The molecule has 1 fully saturated rings. The Balaban J connectivity index is 1.73. The van der Waals surface area contributed by atoms with E-state index in [1.807, 2.05) is 0 Å². The number of hydrogen-bond donors (Lipinski definition) is 1. The van der Waals surface area contributed by atoms with Crippen LogP contribution in [0.25, 0.3) is 6.08 Å². The van der Waals surface area contributed by atoms with E-state index in [0.717, 1.165) is 17.0 Å². The molecule has 11 heteroatoms. The molecule has 4 amide bonds. The number of hydrogen-bond acceptors (Lipinski definition) is 7. The van der Waals surface area contributed by atoms with Crippen LogP contribution in [0.2, 0.25) is 5.02 Å². The number of rotatable bonds is 3. The van der Waals surface area contributed by atoms with Crippen LogP contribution in [0.5, 0.6) is 11.5 Å². The summed E-state index contributed by atoms with van der Waals surface area (Å²) in [6, 6.07) is 7.30. The van der Waals surface area contributed by atoms with Gasteiger partial charge in [-0.05, 0) is 29.8 Å². The molecule has 2 aromatic carbocycles. The van der Waals surface area contributed by atoms with Crippen LogP contribution in [0.4, 0.5) is 16.2 Å². The molecule has 2 heterocycles. The standard InChI is InChI=1S/C18H10ClN3O7/c19-12-3-1-9(6-13(12)22(26)27)5-11-16(23)20-18(25)21(17(11)24)10-2-4-14-15(7-10)29-8-28-14/h1-7H,8H2,(H,20,23,25). The first-order valence-electron chi connectivity index (χ1n) is 8.10. The highest BCUT2D eigenvalue weighted by Gasteiger charge is 2.37. The van der Waals surface area contributed by atoms with Crippen LogP contribution in [0.1, 0.15) is 5.56 Å².